The van der Waals surface area contributed by atoms with E-state index in [2.05, 4.69) is 6.92 Å². The van der Waals surface area contributed by atoms with E-state index in [1.165, 1.54) is 12.8 Å². The molecule has 1 amide bonds. The molecule has 1 aromatic carbocycles. The highest BCUT2D eigenvalue weighted by molar-refractivity contribution is 5.81. The minimum absolute atomic E-state index is 0.109. The van der Waals surface area contributed by atoms with Gasteiger partial charge in [-0.2, -0.15) is 0 Å². The van der Waals surface area contributed by atoms with E-state index in [0.717, 1.165) is 31.2 Å². The summed E-state index contributed by atoms with van der Waals surface area (Å²) in [7, 11) is 0. The van der Waals surface area contributed by atoms with Crippen LogP contribution in [0.2, 0.25) is 0 Å². The number of amides is 1. The van der Waals surface area contributed by atoms with Gasteiger partial charge in [0, 0.05) is 13.1 Å². The van der Waals surface area contributed by atoms with E-state index in [9.17, 15) is 4.79 Å². The van der Waals surface area contributed by atoms with Crippen LogP contribution >= 0.6 is 0 Å². The monoisotopic (exact) mass is 261 g/mol. The summed E-state index contributed by atoms with van der Waals surface area (Å²) in [6.45, 7) is 5.67. The lowest BCUT2D eigenvalue weighted by Gasteiger charge is -2.25. The molecular formula is C16H23NO2. The molecule has 3 nitrogen and oxygen atoms in total. The number of rotatable bonds is 7. The molecule has 0 saturated heterocycles. The Balaban J connectivity index is 1.91. The molecule has 0 heterocycles. The average molecular weight is 261 g/mol. The second kappa shape index (κ2) is 6.60. The Morgan fingerprint density at radius 2 is 2.05 bits per heavy atom. The van der Waals surface area contributed by atoms with Gasteiger partial charge in [0.25, 0.3) is 5.91 Å². The van der Waals surface area contributed by atoms with Gasteiger partial charge in [0.05, 0.1) is 0 Å². The van der Waals surface area contributed by atoms with E-state index >= 15 is 0 Å². The van der Waals surface area contributed by atoms with Gasteiger partial charge in [-0.05, 0) is 44.2 Å². The molecule has 1 fully saturated rings. The lowest BCUT2D eigenvalue weighted by Crippen LogP contribution is -2.42. The van der Waals surface area contributed by atoms with Gasteiger partial charge in [0.2, 0.25) is 0 Å². The summed E-state index contributed by atoms with van der Waals surface area (Å²) in [5, 5.41) is 0. The van der Waals surface area contributed by atoms with Gasteiger partial charge in [0.15, 0.2) is 6.10 Å². The minimum Gasteiger partial charge on any atom is -0.481 e. The van der Waals surface area contributed by atoms with Crippen molar-refractivity contribution in [2.24, 2.45) is 5.92 Å². The van der Waals surface area contributed by atoms with Crippen molar-refractivity contribution < 1.29 is 9.53 Å². The lowest BCUT2D eigenvalue weighted by atomic mass is 10.2. The summed E-state index contributed by atoms with van der Waals surface area (Å²) >= 11 is 0. The van der Waals surface area contributed by atoms with Crippen LogP contribution in [-0.4, -0.2) is 30.0 Å². The maximum absolute atomic E-state index is 12.4. The summed E-state index contributed by atoms with van der Waals surface area (Å²) in [6, 6.07) is 9.54. The van der Waals surface area contributed by atoms with E-state index in [0.29, 0.717) is 0 Å². The van der Waals surface area contributed by atoms with Crippen LogP contribution in [0.4, 0.5) is 0 Å². The Kier molecular flexibility index (Phi) is 4.83. The zero-order chi connectivity index (χ0) is 13.7. The highest BCUT2D eigenvalue weighted by Crippen LogP contribution is 2.30. The predicted molar refractivity (Wildman–Crippen MR) is 76.1 cm³/mol. The van der Waals surface area contributed by atoms with Crippen molar-refractivity contribution in [1.82, 2.24) is 4.90 Å². The Labute approximate surface area is 115 Å². The van der Waals surface area contributed by atoms with Gasteiger partial charge in [0.1, 0.15) is 5.75 Å². The second-order valence-corrected chi connectivity index (χ2v) is 5.30. The molecule has 0 N–H and O–H groups in total. The Morgan fingerprint density at radius 3 is 2.63 bits per heavy atom. The molecule has 1 atom stereocenters. The number of para-hydroxylation sites is 1. The van der Waals surface area contributed by atoms with Crippen LogP contribution in [0.1, 0.15) is 33.1 Å². The standard InChI is InChI=1S/C16H23NO2/c1-3-11-17(12-14-9-10-14)16(18)13(2)19-15-7-5-4-6-8-15/h4-8,13-14H,3,9-12H2,1-2H3. The van der Waals surface area contributed by atoms with Gasteiger partial charge < -0.3 is 9.64 Å². The number of carbonyl (C=O) groups excluding carboxylic acids is 1. The predicted octanol–water partition coefficient (Wildman–Crippen LogP) is 3.10. The molecule has 0 bridgehead atoms. The maximum atomic E-state index is 12.4. The van der Waals surface area contributed by atoms with Crippen LogP contribution in [0.3, 0.4) is 0 Å². The van der Waals surface area contributed by atoms with Gasteiger partial charge in [-0.1, -0.05) is 25.1 Å². The number of benzene rings is 1. The largest absolute Gasteiger partial charge is 0.481 e. The quantitative estimate of drug-likeness (QED) is 0.755. The van der Waals surface area contributed by atoms with E-state index in [1.54, 1.807) is 0 Å². The lowest BCUT2D eigenvalue weighted by molar-refractivity contribution is -0.138. The summed E-state index contributed by atoms with van der Waals surface area (Å²) in [5.74, 6) is 1.59. The van der Waals surface area contributed by atoms with E-state index < -0.39 is 6.10 Å². The third-order valence-electron chi connectivity index (χ3n) is 3.38. The van der Waals surface area contributed by atoms with Crippen molar-refractivity contribution in [3.05, 3.63) is 30.3 Å². The van der Waals surface area contributed by atoms with Gasteiger partial charge in [-0.25, -0.2) is 0 Å². The van der Waals surface area contributed by atoms with Crippen LogP contribution in [0.15, 0.2) is 30.3 Å². The molecule has 0 aromatic heterocycles. The molecule has 1 aromatic rings. The fraction of sp³-hybridized carbons (Fsp3) is 0.562. The van der Waals surface area contributed by atoms with E-state index in [-0.39, 0.29) is 5.91 Å². The molecule has 0 spiro atoms. The molecule has 104 valence electrons. The van der Waals surface area contributed by atoms with Crippen LogP contribution < -0.4 is 4.74 Å². The zero-order valence-electron chi connectivity index (χ0n) is 11.8. The van der Waals surface area contributed by atoms with Crippen LogP contribution in [0.25, 0.3) is 0 Å². The smallest absolute Gasteiger partial charge is 0.263 e. The van der Waals surface area contributed by atoms with Crippen molar-refractivity contribution in [2.45, 2.75) is 39.2 Å². The van der Waals surface area contributed by atoms with Crippen molar-refractivity contribution in [3.63, 3.8) is 0 Å². The molecule has 3 heteroatoms. The minimum atomic E-state index is -0.410. The van der Waals surface area contributed by atoms with Crippen molar-refractivity contribution >= 4 is 5.91 Å². The maximum Gasteiger partial charge on any atom is 0.263 e. The molecule has 0 aliphatic heterocycles. The van der Waals surface area contributed by atoms with Crippen LogP contribution in [-0.2, 0) is 4.79 Å². The fourth-order valence-corrected chi connectivity index (χ4v) is 2.18. The fourth-order valence-electron chi connectivity index (χ4n) is 2.18. The van der Waals surface area contributed by atoms with Crippen molar-refractivity contribution in [3.8, 4) is 5.75 Å². The van der Waals surface area contributed by atoms with Crippen LogP contribution in [0, 0.1) is 5.92 Å². The Bertz CT molecular complexity index is 400. The first-order chi connectivity index (χ1) is 9.20. The normalized spacial score (nSPS) is 15.9. The average Bonchev–Trinajstić information content (AvgIpc) is 3.22. The molecule has 1 aliphatic carbocycles. The van der Waals surface area contributed by atoms with E-state index in [1.807, 2.05) is 42.2 Å². The van der Waals surface area contributed by atoms with Gasteiger partial charge in [-0.15, -0.1) is 0 Å². The number of hydrogen-bond donors (Lipinski definition) is 0. The number of carbonyl (C=O) groups is 1. The summed E-state index contributed by atoms with van der Waals surface area (Å²) < 4.78 is 5.71. The molecule has 1 aliphatic rings. The summed E-state index contributed by atoms with van der Waals surface area (Å²) in [4.78, 5) is 14.4. The first-order valence-corrected chi connectivity index (χ1v) is 7.21. The molecule has 0 radical (unpaired) electrons. The third-order valence-corrected chi connectivity index (χ3v) is 3.38. The van der Waals surface area contributed by atoms with Gasteiger partial charge in [-0.3, -0.25) is 4.79 Å². The highest BCUT2D eigenvalue weighted by atomic mass is 16.5. The molecule has 1 saturated carbocycles. The highest BCUT2D eigenvalue weighted by Gasteiger charge is 2.29. The van der Waals surface area contributed by atoms with Crippen molar-refractivity contribution in [1.29, 1.82) is 0 Å². The first kappa shape index (κ1) is 13.9. The first-order valence-electron chi connectivity index (χ1n) is 7.21. The second-order valence-electron chi connectivity index (χ2n) is 5.30. The third kappa shape index (κ3) is 4.27. The summed E-state index contributed by atoms with van der Waals surface area (Å²) in [6.07, 6.45) is 3.12. The molecule has 1 unspecified atom stereocenters. The molecule has 2 rings (SSSR count). The SMILES string of the molecule is CCCN(CC1CC1)C(=O)C(C)Oc1ccccc1. The molecule has 19 heavy (non-hydrogen) atoms. The topological polar surface area (TPSA) is 29.5 Å². The Morgan fingerprint density at radius 1 is 1.37 bits per heavy atom. The zero-order valence-corrected chi connectivity index (χ0v) is 11.8. The van der Waals surface area contributed by atoms with E-state index in [4.69, 9.17) is 4.74 Å². The summed E-state index contributed by atoms with van der Waals surface area (Å²) in [5.41, 5.74) is 0. The van der Waals surface area contributed by atoms with Crippen molar-refractivity contribution in [2.75, 3.05) is 13.1 Å². The van der Waals surface area contributed by atoms with Crippen LogP contribution in [0.5, 0.6) is 5.75 Å². The number of nitrogens with zero attached hydrogens (tertiary/aromatic N) is 1. The number of hydrogen-bond acceptors (Lipinski definition) is 2. The van der Waals surface area contributed by atoms with Gasteiger partial charge >= 0.3 is 0 Å². The molecular weight excluding hydrogens is 238 g/mol. The number of ether oxygens (including phenoxy) is 1. The Hall–Kier alpha value is -1.51.